The molecule has 5 nitrogen and oxygen atoms in total. The molecule has 0 aliphatic carbocycles. The van der Waals surface area contributed by atoms with E-state index in [1.807, 2.05) is 78.7 Å². The standard InChI is InChI=1S/C26H21FN4OS2/c1-16-22(25-29-24(30-32-25)17-11-13-21(34-2)14-12-17)23(18-7-6-8-19(27)15-18)28-26(33)31(16)20-9-4-3-5-10-20/h3-15,23H,1-2H3,(H,28,33). The number of thioether (sulfide) groups is 1. The van der Waals surface area contributed by atoms with Gasteiger partial charge in [-0.3, -0.25) is 4.90 Å². The number of para-hydroxylation sites is 1. The zero-order valence-electron chi connectivity index (χ0n) is 18.5. The highest BCUT2D eigenvalue weighted by Gasteiger charge is 2.34. The number of nitrogens with one attached hydrogen (secondary N) is 1. The molecule has 5 rings (SSSR count). The van der Waals surface area contributed by atoms with Gasteiger partial charge in [-0.25, -0.2) is 4.39 Å². The molecule has 0 saturated carbocycles. The van der Waals surface area contributed by atoms with Crippen LogP contribution in [0.25, 0.3) is 17.0 Å². The summed E-state index contributed by atoms with van der Waals surface area (Å²) in [5, 5.41) is 8.10. The summed E-state index contributed by atoms with van der Waals surface area (Å²) in [5.41, 5.74) is 4.04. The van der Waals surface area contributed by atoms with Crippen molar-refractivity contribution < 1.29 is 8.91 Å². The minimum absolute atomic E-state index is 0.326. The average molecular weight is 489 g/mol. The number of anilines is 1. The SMILES string of the molecule is CSc1ccc(-c2noc(C3=C(C)N(c4ccccc4)C(=S)NC3c3cccc(F)c3)n2)cc1. The molecule has 0 bridgehead atoms. The summed E-state index contributed by atoms with van der Waals surface area (Å²) in [4.78, 5) is 7.80. The smallest absolute Gasteiger partial charge is 0.258 e. The molecule has 2 heterocycles. The summed E-state index contributed by atoms with van der Waals surface area (Å²) in [6, 6.07) is 23.8. The highest BCUT2D eigenvalue weighted by molar-refractivity contribution is 7.98. The number of nitrogens with zero attached hydrogens (tertiary/aromatic N) is 3. The van der Waals surface area contributed by atoms with Crippen molar-refractivity contribution in [2.75, 3.05) is 11.2 Å². The van der Waals surface area contributed by atoms with Gasteiger partial charge >= 0.3 is 0 Å². The molecule has 1 aliphatic rings. The molecule has 1 atom stereocenters. The molecule has 170 valence electrons. The van der Waals surface area contributed by atoms with Crippen LogP contribution in [-0.4, -0.2) is 21.5 Å². The molecule has 8 heteroatoms. The van der Waals surface area contributed by atoms with E-state index in [9.17, 15) is 4.39 Å². The highest BCUT2D eigenvalue weighted by Crippen LogP contribution is 2.39. The van der Waals surface area contributed by atoms with Crippen molar-refractivity contribution in [1.29, 1.82) is 0 Å². The van der Waals surface area contributed by atoms with Crippen molar-refractivity contribution in [3.63, 3.8) is 0 Å². The van der Waals surface area contributed by atoms with Crippen LogP contribution in [0.15, 0.2) is 94.0 Å². The third-order valence-electron chi connectivity index (χ3n) is 5.69. The number of hydrogen-bond acceptors (Lipinski definition) is 5. The maximum atomic E-state index is 14.1. The molecular formula is C26H21FN4OS2. The number of allylic oxidation sites excluding steroid dienone is 1. The topological polar surface area (TPSA) is 54.2 Å². The first kappa shape index (κ1) is 22.3. The first-order valence-electron chi connectivity index (χ1n) is 10.7. The Morgan fingerprint density at radius 2 is 1.79 bits per heavy atom. The zero-order valence-corrected chi connectivity index (χ0v) is 20.2. The Labute approximate surface area is 206 Å². The van der Waals surface area contributed by atoms with E-state index in [1.54, 1.807) is 17.8 Å². The van der Waals surface area contributed by atoms with Crippen LogP contribution < -0.4 is 10.2 Å². The summed E-state index contributed by atoms with van der Waals surface area (Å²) in [7, 11) is 0. The number of thiocarbonyl (C=S) groups is 1. The molecule has 0 spiro atoms. The quantitative estimate of drug-likeness (QED) is 0.255. The maximum Gasteiger partial charge on any atom is 0.258 e. The predicted octanol–water partition coefficient (Wildman–Crippen LogP) is 6.46. The molecule has 34 heavy (non-hydrogen) atoms. The number of hydrogen-bond donors (Lipinski definition) is 1. The zero-order chi connectivity index (χ0) is 23.7. The summed E-state index contributed by atoms with van der Waals surface area (Å²) in [5.74, 6) is 0.514. The summed E-state index contributed by atoms with van der Waals surface area (Å²) >= 11 is 7.39. The fraction of sp³-hybridized carbons (Fsp3) is 0.115. The van der Waals surface area contributed by atoms with Gasteiger partial charge in [0.05, 0.1) is 11.6 Å². The fourth-order valence-electron chi connectivity index (χ4n) is 4.03. The van der Waals surface area contributed by atoms with Crippen molar-refractivity contribution in [3.8, 4) is 11.4 Å². The molecular weight excluding hydrogens is 467 g/mol. The van der Waals surface area contributed by atoms with Gasteiger partial charge in [0.2, 0.25) is 5.82 Å². The third kappa shape index (κ3) is 4.22. The number of aromatic nitrogens is 2. The van der Waals surface area contributed by atoms with Crippen molar-refractivity contribution in [1.82, 2.24) is 15.5 Å². The van der Waals surface area contributed by atoms with Crippen molar-refractivity contribution in [2.45, 2.75) is 17.9 Å². The van der Waals surface area contributed by atoms with E-state index in [0.29, 0.717) is 22.4 Å². The Balaban J connectivity index is 1.63. The van der Waals surface area contributed by atoms with Gasteiger partial charge in [-0.1, -0.05) is 35.5 Å². The van der Waals surface area contributed by atoms with Gasteiger partial charge in [0.1, 0.15) is 5.82 Å². The molecule has 1 aromatic heterocycles. The minimum Gasteiger partial charge on any atom is -0.351 e. The van der Waals surface area contributed by atoms with Crippen LogP contribution in [0.1, 0.15) is 24.4 Å². The van der Waals surface area contributed by atoms with E-state index in [0.717, 1.165) is 27.4 Å². The van der Waals surface area contributed by atoms with E-state index >= 15 is 0 Å². The Hall–Kier alpha value is -3.49. The lowest BCUT2D eigenvalue weighted by Gasteiger charge is -2.37. The first-order valence-corrected chi connectivity index (χ1v) is 12.3. The Kier molecular flexibility index (Phi) is 6.17. The lowest BCUT2D eigenvalue weighted by molar-refractivity contribution is 0.404. The molecule has 0 amide bonds. The van der Waals surface area contributed by atoms with Gasteiger partial charge in [-0.05, 0) is 79.5 Å². The molecule has 3 aromatic carbocycles. The Bertz CT molecular complexity index is 1370. The first-order chi connectivity index (χ1) is 16.5. The Morgan fingerprint density at radius 3 is 2.50 bits per heavy atom. The summed E-state index contributed by atoms with van der Waals surface area (Å²) in [6.45, 7) is 1.96. The maximum absolute atomic E-state index is 14.1. The second-order valence-corrected chi connectivity index (χ2v) is 9.03. The van der Waals surface area contributed by atoms with Crippen molar-refractivity contribution in [3.05, 3.63) is 102 Å². The van der Waals surface area contributed by atoms with E-state index in [4.69, 9.17) is 21.7 Å². The van der Waals surface area contributed by atoms with Crippen LogP contribution in [0.2, 0.25) is 0 Å². The molecule has 4 aromatic rings. The van der Waals surface area contributed by atoms with Gasteiger partial charge in [0.25, 0.3) is 5.89 Å². The van der Waals surface area contributed by atoms with E-state index < -0.39 is 6.04 Å². The van der Waals surface area contributed by atoms with Crippen LogP contribution in [0.3, 0.4) is 0 Å². The third-order valence-corrected chi connectivity index (χ3v) is 6.73. The van der Waals surface area contributed by atoms with Crippen molar-refractivity contribution >= 4 is 40.4 Å². The molecule has 1 unspecified atom stereocenters. The van der Waals surface area contributed by atoms with Gasteiger partial charge in [-0.2, -0.15) is 4.98 Å². The van der Waals surface area contributed by atoms with E-state index in [1.165, 1.54) is 12.1 Å². The Morgan fingerprint density at radius 1 is 1.03 bits per heavy atom. The molecule has 1 aliphatic heterocycles. The van der Waals surface area contributed by atoms with Gasteiger partial charge < -0.3 is 9.84 Å². The predicted molar refractivity (Wildman–Crippen MR) is 138 cm³/mol. The number of benzene rings is 3. The monoisotopic (exact) mass is 488 g/mol. The van der Waals surface area contributed by atoms with E-state index in [-0.39, 0.29) is 5.82 Å². The van der Waals surface area contributed by atoms with Gasteiger partial charge in [0, 0.05) is 21.8 Å². The van der Waals surface area contributed by atoms with Crippen LogP contribution in [-0.2, 0) is 0 Å². The van der Waals surface area contributed by atoms with Crippen LogP contribution in [0, 0.1) is 5.82 Å². The highest BCUT2D eigenvalue weighted by atomic mass is 32.2. The fourth-order valence-corrected chi connectivity index (χ4v) is 4.80. The van der Waals surface area contributed by atoms with E-state index in [2.05, 4.69) is 10.5 Å². The lowest BCUT2D eigenvalue weighted by atomic mass is 9.94. The molecule has 1 N–H and O–H groups in total. The number of rotatable bonds is 5. The molecule has 0 radical (unpaired) electrons. The van der Waals surface area contributed by atoms with Crippen LogP contribution in [0.5, 0.6) is 0 Å². The summed E-state index contributed by atoms with van der Waals surface area (Å²) < 4.78 is 19.9. The normalized spacial score (nSPS) is 16.0. The lowest BCUT2D eigenvalue weighted by Crippen LogP contribution is -2.46. The number of halogens is 1. The van der Waals surface area contributed by atoms with Gasteiger partial charge in [0.15, 0.2) is 5.11 Å². The minimum atomic E-state index is -0.449. The van der Waals surface area contributed by atoms with Crippen LogP contribution in [0.4, 0.5) is 10.1 Å². The van der Waals surface area contributed by atoms with Crippen LogP contribution >= 0.6 is 24.0 Å². The van der Waals surface area contributed by atoms with Crippen molar-refractivity contribution in [2.24, 2.45) is 0 Å². The molecule has 0 fully saturated rings. The largest absolute Gasteiger partial charge is 0.351 e. The second-order valence-electron chi connectivity index (χ2n) is 7.76. The van der Waals surface area contributed by atoms with Gasteiger partial charge in [-0.15, -0.1) is 11.8 Å². The average Bonchev–Trinajstić information content (AvgIpc) is 3.34. The second kappa shape index (κ2) is 9.40. The summed E-state index contributed by atoms with van der Waals surface area (Å²) in [6.07, 6.45) is 2.03. The molecule has 0 saturated heterocycles.